The number of amides is 1. The molecule has 0 spiro atoms. The first-order valence-electron chi connectivity index (χ1n) is 10.6. The van der Waals surface area contributed by atoms with Crippen molar-refractivity contribution in [3.63, 3.8) is 0 Å². The highest BCUT2D eigenvalue weighted by Crippen LogP contribution is 2.35. The van der Waals surface area contributed by atoms with Crippen LogP contribution in [0.25, 0.3) is 22.0 Å². The highest BCUT2D eigenvalue weighted by Gasteiger charge is 2.34. The summed E-state index contributed by atoms with van der Waals surface area (Å²) in [5.74, 6) is 1.41. The molecule has 2 fully saturated rings. The van der Waals surface area contributed by atoms with Crippen molar-refractivity contribution in [2.45, 2.75) is 32.1 Å². The Morgan fingerprint density at radius 3 is 2.48 bits per heavy atom. The van der Waals surface area contributed by atoms with Crippen LogP contribution in [0.3, 0.4) is 0 Å². The summed E-state index contributed by atoms with van der Waals surface area (Å²) in [6.45, 7) is 1.86. The first-order chi connectivity index (χ1) is 14.2. The number of hydrogen-bond donors (Lipinski definition) is 0. The largest absolute Gasteiger partial charge is 0.342 e. The molecule has 1 aliphatic heterocycles. The summed E-state index contributed by atoms with van der Waals surface area (Å²) in [6.07, 6.45) is 7.29. The average molecular weight is 405 g/mol. The van der Waals surface area contributed by atoms with Gasteiger partial charge in [-0.25, -0.2) is 0 Å². The van der Waals surface area contributed by atoms with Gasteiger partial charge in [0.25, 0.3) is 0 Å². The molecule has 5 rings (SSSR count). The quantitative estimate of drug-likeness (QED) is 0.555. The topological polar surface area (TPSA) is 33.2 Å². The van der Waals surface area contributed by atoms with Crippen LogP contribution in [0.5, 0.6) is 0 Å². The Hall–Kier alpha value is -2.39. The predicted octanol–water partition coefficient (Wildman–Crippen LogP) is 5.75. The molecule has 3 aromatic rings. The minimum absolute atomic E-state index is 0.344. The Labute approximate surface area is 176 Å². The molecule has 3 nitrogen and oxygen atoms in total. The second-order valence-corrected chi connectivity index (χ2v) is 8.82. The Bertz CT molecular complexity index is 1030. The number of fused-ring (bicyclic) bond motifs is 1. The van der Waals surface area contributed by atoms with E-state index in [4.69, 9.17) is 11.6 Å². The van der Waals surface area contributed by atoms with Crippen molar-refractivity contribution in [2.75, 3.05) is 13.1 Å². The molecular weight excluding hydrogens is 380 g/mol. The zero-order valence-electron chi connectivity index (χ0n) is 16.5. The van der Waals surface area contributed by atoms with Crippen molar-refractivity contribution in [2.24, 2.45) is 11.8 Å². The van der Waals surface area contributed by atoms with Crippen LogP contribution in [0, 0.1) is 11.8 Å². The van der Waals surface area contributed by atoms with Gasteiger partial charge in [-0.05, 0) is 55.2 Å². The van der Waals surface area contributed by atoms with Crippen LogP contribution in [-0.4, -0.2) is 28.9 Å². The van der Waals surface area contributed by atoms with Crippen LogP contribution < -0.4 is 0 Å². The highest BCUT2D eigenvalue weighted by molar-refractivity contribution is 6.37. The molecule has 0 radical (unpaired) electrons. The molecule has 1 saturated heterocycles. The summed E-state index contributed by atoms with van der Waals surface area (Å²) in [5, 5.41) is 1.77. The number of hydrogen-bond acceptors (Lipinski definition) is 2. The fourth-order valence-corrected chi connectivity index (χ4v) is 4.76. The van der Waals surface area contributed by atoms with Gasteiger partial charge in [0.15, 0.2) is 0 Å². The standard InChI is InChI=1S/C25H25ClN2O/c26-23-22(10-9-20-2-1-13-27-24(20)23)19-5-3-17(4-6-19)16-18-11-14-28(15-12-18)25(29)21-7-8-21/h1-6,9-10,13,18,21H,7-8,11-12,14-16H2. The van der Waals surface area contributed by atoms with E-state index in [0.29, 0.717) is 22.8 Å². The number of aromatic nitrogens is 1. The summed E-state index contributed by atoms with van der Waals surface area (Å²) in [4.78, 5) is 18.7. The third kappa shape index (κ3) is 3.89. The van der Waals surface area contributed by atoms with E-state index in [-0.39, 0.29) is 0 Å². The first kappa shape index (κ1) is 18.6. The van der Waals surface area contributed by atoms with Gasteiger partial charge in [-0.2, -0.15) is 0 Å². The monoisotopic (exact) mass is 404 g/mol. The second-order valence-electron chi connectivity index (χ2n) is 8.45. The number of piperidine rings is 1. The number of likely N-dealkylation sites (tertiary alicyclic amines) is 1. The number of carbonyl (C=O) groups excluding carboxylic acids is 1. The fourth-order valence-electron chi connectivity index (χ4n) is 4.43. The molecule has 1 saturated carbocycles. The lowest BCUT2D eigenvalue weighted by atomic mass is 9.89. The molecule has 148 valence electrons. The van der Waals surface area contributed by atoms with Crippen molar-refractivity contribution < 1.29 is 4.79 Å². The molecule has 2 aromatic carbocycles. The van der Waals surface area contributed by atoms with Crippen molar-refractivity contribution in [3.8, 4) is 11.1 Å². The molecule has 2 heterocycles. The van der Waals surface area contributed by atoms with Crippen molar-refractivity contribution in [1.29, 1.82) is 0 Å². The molecule has 0 bridgehead atoms. The normalized spacial score (nSPS) is 17.6. The zero-order chi connectivity index (χ0) is 19.8. The van der Waals surface area contributed by atoms with Gasteiger partial charge in [0.2, 0.25) is 5.91 Å². The second kappa shape index (κ2) is 7.79. The number of benzene rings is 2. The minimum Gasteiger partial charge on any atom is -0.342 e. The van der Waals surface area contributed by atoms with E-state index in [1.165, 1.54) is 5.56 Å². The van der Waals surface area contributed by atoms with Crippen LogP contribution >= 0.6 is 11.6 Å². The van der Waals surface area contributed by atoms with Crippen LogP contribution in [-0.2, 0) is 11.2 Å². The lowest BCUT2D eigenvalue weighted by Gasteiger charge is -2.32. The lowest BCUT2D eigenvalue weighted by Crippen LogP contribution is -2.39. The van der Waals surface area contributed by atoms with Gasteiger partial charge < -0.3 is 4.90 Å². The Morgan fingerprint density at radius 2 is 1.76 bits per heavy atom. The molecule has 1 amide bonds. The van der Waals surface area contributed by atoms with Crippen molar-refractivity contribution >= 4 is 28.4 Å². The molecule has 1 aliphatic carbocycles. The smallest absolute Gasteiger partial charge is 0.225 e. The van der Waals surface area contributed by atoms with Gasteiger partial charge in [-0.1, -0.05) is 54.1 Å². The van der Waals surface area contributed by atoms with Gasteiger partial charge in [0, 0.05) is 36.2 Å². The number of rotatable bonds is 4. The van der Waals surface area contributed by atoms with E-state index in [2.05, 4.69) is 46.3 Å². The zero-order valence-corrected chi connectivity index (χ0v) is 17.2. The average Bonchev–Trinajstić information content (AvgIpc) is 3.61. The molecule has 0 unspecified atom stereocenters. The van der Waals surface area contributed by atoms with Gasteiger partial charge >= 0.3 is 0 Å². The minimum atomic E-state index is 0.344. The highest BCUT2D eigenvalue weighted by atomic mass is 35.5. The third-order valence-electron chi connectivity index (χ3n) is 6.35. The van der Waals surface area contributed by atoms with Crippen LogP contribution in [0.15, 0.2) is 54.7 Å². The van der Waals surface area contributed by atoms with Crippen LogP contribution in [0.2, 0.25) is 5.02 Å². The van der Waals surface area contributed by atoms with E-state index in [1.807, 2.05) is 12.1 Å². The first-order valence-corrected chi connectivity index (χ1v) is 11.0. The van der Waals surface area contributed by atoms with Gasteiger partial charge in [-0.15, -0.1) is 0 Å². The number of pyridine rings is 1. The summed E-state index contributed by atoms with van der Waals surface area (Å²) >= 11 is 6.64. The Morgan fingerprint density at radius 1 is 1.00 bits per heavy atom. The van der Waals surface area contributed by atoms with E-state index in [9.17, 15) is 4.79 Å². The predicted molar refractivity (Wildman–Crippen MR) is 118 cm³/mol. The number of nitrogens with zero attached hydrogens (tertiary/aromatic N) is 2. The van der Waals surface area contributed by atoms with E-state index < -0.39 is 0 Å². The number of halogens is 1. The summed E-state index contributed by atoms with van der Waals surface area (Å²) in [6, 6.07) is 16.9. The van der Waals surface area contributed by atoms with Crippen LogP contribution in [0.1, 0.15) is 31.2 Å². The maximum Gasteiger partial charge on any atom is 0.225 e. The molecule has 0 N–H and O–H groups in total. The molecular formula is C25H25ClN2O. The Balaban J connectivity index is 1.25. The molecule has 2 aliphatic rings. The maximum absolute atomic E-state index is 12.2. The number of carbonyl (C=O) groups is 1. The summed E-state index contributed by atoms with van der Waals surface area (Å²) < 4.78 is 0. The van der Waals surface area contributed by atoms with Gasteiger partial charge in [0.05, 0.1) is 10.5 Å². The van der Waals surface area contributed by atoms with E-state index >= 15 is 0 Å². The van der Waals surface area contributed by atoms with Crippen LogP contribution in [0.4, 0.5) is 0 Å². The summed E-state index contributed by atoms with van der Waals surface area (Å²) in [5.41, 5.74) is 4.35. The van der Waals surface area contributed by atoms with E-state index in [0.717, 1.165) is 67.2 Å². The van der Waals surface area contributed by atoms with Gasteiger partial charge in [-0.3, -0.25) is 9.78 Å². The maximum atomic E-state index is 12.2. The van der Waals surface area contributed by atoms with E-state index in [1.54, 1.807) is 6.20 Å². The van der Waals surface area contributed by atoms with Gasteiger partial charge in [0.1, 0.15) is 0 Å². The van der Waals surface area contributed by atoms with Crippen molar-refractivity contribution in [3.05, 3.63) is 65.3 Å². The SMILES string of the molecule is O=C(C1CC1)N1CCC(Cc2ccc(-c3ccc4cccnc4c3Cl)cc2)CC1. The lowest BCUT2D eigenvalue weighted by molar-refractivity contribution is -0.133. The molecule has 4 heteroatoms. The summed E-state index contributed by atoms with van der Waals surface area (Å²) in [7, 11) is 0. The van der Waals surface area contributed by atoms with Crippen molar-refractivity contribution in [1.82, 2.24) is 9.88 Å². The molecule has 29 heavy (non-hydrogen) atoms. The third-order valence-corrected chi connectivity index (χ3v) is 6.74. The molecule has 0 atom stereocenters. The molecule has 1 aromatic heterocycles. The Kier molecular flexibility index (Phi) is 5.01. The fraction of sp³-hybridized carbons (Fsp3) is 0.360.